The number of hydrogen-bond donors (Lipinski definition) is 2. The molecule has 0 aromatic heterocycles. The molecule has 0 spiro atoms. The molecule has 3 nitrogen and oxygen atoms in total. The van der Waals surface area contributed by atoms with Crippen LogP contribution >= 0.6 is 0 Å². The second-order valence-electron chi connectivity index (χ2n) is 5.97. The summed E-state index contributed by atoms with van der Waals surface area (Å²) in [6.07, 6.45) is 4.55. The molecule has 1 unspecified atom stereocenters. The maximum atomic E-state index is 10.0. The third-order valence-corrected chi connectivity index (χ3v) is 4.56. The quantitative estimate of drug-likeness (QED) is 0.880. The van der Waals surface area contributed by atoms with Crippen molar-refractivity contribution in [1.82, 2.24) is 4.90 Å². The Balaban J connectivity index is 2.10. The summed E-state index contributed by atoms with van der Waals surface area (Å²) in [5.74, 6) is 0.400. The van der Waals surface area contributed by atoms with Crippen molar-refractivity contribution in [1.29, 1.82) is 0 Å². The summed E-state index contributed by atoms with van der Waals surface area (Å²) < 4.78 is 0. The van der Waals surface area contributed by atoms with Crippen LogP contribution in [0.1, 0.15) is 49.8 Å². The van der Waals surface area contributed by atoms with E-state index < -0.39 is 0 Å². The predicted octanol–water partition coefficient (Wildman–Crippen LogP) is 2.96. The van der Waals surface area contributed by atoms with Gasteiger partial charge in [-0.05, 0) is 52.6 Å². The standard InChI is InChI=1S/C16H26N2O/c1-11-4-9-16(19)15(10-11)12(2)18(3)14-7-5-13(17)6-8-14/h4,9-10,12-14,19H,5-8,17H2,1-3H3. The third kappa shape index (κ3) is 3.28. The first kappa shape index (κ1) is 14.4. The Morgan fingerprint density at radius 3 is 2.53 bits per heavy atom. The number of aromatic hydroxyl groups is 1. The van der Waals surface area contributed by atoms with Crippen LogP contribution in [0.5, 0.6) is 5.75 Å². The SMILES string of the molecule is Cc1ccc(O)c(C(C)N(C)C2CCC(N)CC2)c1. The number of nitrogens with two attached hydrogens (primary N) is 1. The zero-order chi connectivity index (χ0) is 14.0. The molecular formula is C16H26N2O. The van der Waals surface area contributed by atoms with Crippen LogP contribution in [-0.4, -0.2) is 29.1 Å². The zero-order valence-corrected chi connectivity index (χ0v) is 12.3. The Morgan fingerprint density at radius 1 is 1.26 bits per heavy atom. The van der Waals surface area contributed by atoms with E-state index in [1.54, 1.807) is 6.07 Å². The molecule has 1 atom stereocenters. The van der Waals surface area contributed by atoms with Gasteiger partial charge in [0.05, 0.1) is 0 Å². The number of phenolic OH excluding ortho intramolecular Hbond substituents is 1. The number of aryl methyl sites for hydroxylation is 1. The molecule has 3 heteroatoms. The highest BCUT2D eigenvalue weighted by Gasteiger charge is 2.26. The van der Waals surface area contributed by atoms with E-state index in [9.17, 15) is 5.11 Å². The van der Waals surface area contributed by atoms with Crippen LogP contribution < -0.4 is 5.73 Å². The molecule has 1 saturated carbocycles. The van der Waals surface area contributed by atoms with Gasteiger partial charge < -0.3 is 10.8 Å². The molecule has 0 bridgehead atoms. The molecule has 19 heavy (non-hydrogen) atoms. The normalized spacial score (nSPS) is 25.5. The molecule has 2 rings (SSSR count). The lowest BCUT2D eigenvalue weighted by Gasteiger charge is -2.37. The topological polar surface area (TPSA) is 49.5 Å². The van der Waals surface area contributed by atoms with Gasteiger partial charge in [-0.2, -0.15) is 0 Å². The second-order valence-corrected chi connectivity index (χ2v) is 5.97. The van der Waals surface area contributed by atoms with Crippen LogP contribution in [0.15, 0.2) is 18.2 Å². The molecule has 0 radical (unpaired) electrons. The fourth-order valence-corrected chi connectivity index (χ4v) is 3.05. The first-order chi connectivity index (χ1) is 8.99. The van der Waals surface area contributed by atoms with Gasteiger partial charge in [0, 0.05) is 23.7 Å². The molecule has 1 aliphatic carbocycles. The van der Waals surface area contributed by atoms with Crippen molar-refractivity contribution < 1.29 is 5.11 Å². The second kappa shape index (κ2) is 5.93. The van der Waals surface area contributed by atoms with Gasteiger partial charge in [-0.3, -0.25) is 4.90 Å². The van der Waals surface area contributed by atoms with Crippen molar-refractivity contribution in [3.63, 3.8) is 0 Å². The first-order valence-corrected chi connectivity index (χ1v) is 7.26. The van der Waals surface area contributed by atoms with Crippen LogP contribution in [0.3, 0.4) is 0 Å². The van der Waals surface area contributed by atoms with Gasteiger partial charge in [-0.25, -0.2) is 0 Å². The molecule has 1 fully saturated rings. The summed E-state index contributed by atoms with van der Waals surface area (Å²) >= 11 is 0. The van der Waals surface area contributed by atoms with Crippen LogP contribution in [0.2, 0.25) is 0 Å². The highest BCUT2D eigenvalue weighted by molar-refractivity contribution is 5.37. The number of rotatable bonds is 3. The molecule has 106 valence electrons. The lowest BCUT2D eigenvalue weighted by Crippen LogP contribution is -2.39. The zero-order valence-electron chi connectivity index (χ0n) is 12.3. The van der Waals surface area contributed by atoms with Crippen LogP contribution in [0, 0.1) is 6.92 Å². The highest BCUT2D eigenvalue weighted by atomic mass is 16.3. The molecule has 0 amide bonds. The molecule has 0 aliphatic heterocycles. The van der Waals surface area contributed by atoms with E-state index in [0.717, 1.165) is 31.2 Å². The van der Waals surface area contributed by atoms with E-state index in [1.807, 2.05) is 6.07 Å². The maximum Gasteiger partial charge on any atom is 0.120 e. The third-order valence-electron chi connectivity index (χ3n) is 4.56. The molecule has 0 heterocycles. The largest absolute Gasteiger partial charge is 0.508 e. The Labute approximate surface area is 116 Å². The minimum Gasteiger partial charge on any atom is -0.508 e. The van der Waals surface area contributed by atoms with Gasteiger partial charge in [0.1, 0.15) is 5.75 Å². The Morgan fingerprint density at radius 2 is 1.89 bits per heavy atom. The van der Waals surface area contributed by atoms with E-state index in [4.69, 9.17) is 5.73 Å². The van der Waals surface area contributed by atoms with Crippen LogP contribution in [0.4, 0.5) is 0 Å². The number of phenols is 1. The summed E-state index contributed by atoms with van der Waals surface area (Å²) in [6.45, 7) is 4.23. The minimum atomic E-state index is 0.235. The van der Waals surface area contributed by atoms with Gasteiger partial charge in [0.25, 0.3) is 0 Å². The fraction of sp³-hybridized carbons (Fsp3) is 0.625. The molecule has 3 N–H and O–H groups in total. The van der Waals surface area contributed by atoms with Gasteiger partial charge in [-0.15, -0.1) is 0 Å². The molecular weight excluding hydrogens is 236 g/mol. The minimum absolute atomic E-state index is 0.235. The summed E-state index contributed by atoms with van der Waals surface area (Å²) in [4.78, 5) is 2.39. The van der Waals surface area contributed by atoms with Gasteiger partial charge in [0.2, 0.25) is 0 Å². The monoisotopic (exact) mass is 262 g/mol. The average molecular weight is 262 g/mol. The van der Waals surface area contributed by atoms with E-state index >= 15 is 0 Å². The van der Waals surface area contributed by atoms with Crippen molar-refractivity contribution in [2.45, 2.75) is 57.7 Å². The van der Waals surface area contributed by atoms with Crippen molar-refractivity contribution in [3.8, 4) is 5.75 Å². The Bertz CT molecular complexity index is 425. The number of benzene rings is 1. The molecule has 1 aromatic rings. The van der Waals surface area contributed by atoms with Gasteiger partial charge in [0.15, 0.2) is 0 Å². The van der Waals surface area contributed by atoms with E-state index in [0.29, 0.717) is 17.8 Å². The fourth-order valence-electron chi connectivity index (χ4n) is 3.05. The van der Waals surface area contributed by atoms with E-state index in [2.05, 4.69) is 31.9 Å². The maximum absolute atomic E-state index is 10.0. The first-order valence-electron chi connectivity index (χ1n) is 7.26. The summed E-state index contributed by atoms with van der Waals surface area (Å²) in [6, 6.07) is 7.03. The van der Waals surface area contributed by atoms with Crippen LogP contribution in [0.25, 0.3) is 0 Å². The summed E-state index contributed by atoms with van der Waals surface area (Å²) in [5, 5.41) is 10.0. The molecule has 1 aliphatic rings. The molecule has 0 saturated heterocycles. The summed E-state index contributed by atoms with van der Waals surface area (Å²) in [7, 11) is 2.16. The van der Waals surface area contributed by atoms with Crippen LogP contribution in [-0.2, 0) is 0 Å². The lowest BCUT2D eigenvalue weighted by molar-refractivity contribution is 0.139. The van der Waals surface area contributed by atoms with Crippen molar-refractivity contribution in [2.75, 3.05) is 7.05 Å². The Hall–Kier alpha value is -1.06. The van der Waals surface area contributed by atoms with Gasteiger partial charge >= 0.3 is 0 Å². The number of nitrogens with zero attached hydrogens (tertiary/aromatic N) is 1. The van der Waals surface area contributed by atoms with Crippen molar-refractivity contribution in [3.05, 3.63) is 29.3 Å². The predicted molar refractivity (Wildman–Crippen MR) is 79.3 cm³/mol. The summed E-state index contributed by atoms with van der Waals surface area (Å²) in [5.41, 5.74) is 8.19. The van der Waals surface area contributed by atoms with Crippen molar-refractivity contribution in [2.24, 2.45) is 5.73 Å². The van der Waals surface area contributed by atoms with E-state index in [-0.39, 0.29) is 6.04 Å². The Kier molecular flexibility index (Phi) is 4.48. The smallest absolute Gasteiger partial charge is 0.120 e. The average Bonchev–Trinajstić information content (AvgIpc) is 2.41. The highest BCUT2D eigenvalue weighted by Crippen LogP contribution is 2.32. The number of hydrogen-bond acceptors (Lipinski definition) is 3. The van der Waals surface area contributed by atoms with Crippen molar-refractivity contribution >= 4 is 0 Å². The van der Waals surface area contributed by atoms with E-state index in [1.165, 1.54) is 5.56 Å². The molecule has 1 aromatic carbocycles. The van der Waals surface area contributed by atoms with Gasteiger partial charge in [-0.1, -0.05) is 17.7 Å². The lowest BCUT2D eigenvalue weighted by atomic mass is 9.89.